The molecule has 0 amide bonds. The first-order valence-corrected chi connectivity index (χ1v) is 34.0. The first kappa shape index (κ1) is 80.2. The van der Waals surface area contributed by atoms with Crippen LogP contribution in [0.5, 0.6) is 0 Å². The van der Waals surface area contributed by atoms with Crippen LogP contribution in [0.3, 0.4) is 0 Å². The van der Waals surface area contributed by atoms with Crippen molar-refractivity contribution < 1.29 is 42.9 Å². The fraction of sp³-hybridized carbons (Fsp3) is 0.645. The van der Waals surface area contributed by atoms with Crippen LogP contribution in [-0.4, -0.2) is 87.4 Å². The molecular formula is C76H126NO8+. The number of ether oxygens (including phenoxy) is 4. The first-order chi connectivity index (χ1) is 41.6. The van der Waals surface area contributed by atoms with Crippen molar-refractivity contribution >= 4 is 17.9 Å². The van der Waals surface area contributed by atoms with Gasteiger partial charge in [0.15, 0.2) is 6.10 Å². The third-order valence-electron chi connectivity index (χ3n) is 14.1. The number of allylic oxidation sites excluding steroid dienone is 24. The van der Waals surface area contributed by atoms with Crippen molar-refractivity contribution in [2.45, 2.75) is 270 Å². The summed E-state index contributed by atoms with van der Waals surface area (Å²) in [5.41, 5.74) is 0. The van der Waals surface area contributed by atoms with Crippen molar-refractivity contribution in [3.8, 4) is 0 Å². The number of likely N-dealkylation sites (N-methyl/N-ethyl adjacent to an activating group) is 1. The summed E-state index contributed by atoms with van der Waals surface area (Å²) in [6.45, 7) is 4.61. The number of hydrogen-bond acceptors (Lipinski definition) is 7. The number of carbonyl (C=O) groups excluding carboxylic acids is 2. The second-order valence-corrected chi connectivity index (χ2v) is 23.4. The van der Waals surface area contributed by atoms with Gasteiger partial charge in [0.2, 0.25) is 0 Å². The van der Waals surface area contributed by atoms with Crippen LogP contribution in [0.25, 0.3) is 0 Å². The highest BCUT2D eigenvalue weighted by molar-refractivity contribution is 5.71. The van der Waals surface area contributed by atoms with Gasteiger partial charge in [0.05, 0.1) is 34.4 Å². The number of nitrogens with zero attached hydrogens (tertiary/aromatic N) is 1. The zero-order valence-corrected chi connectivity index (χ0v) is 55.0. The predicted molar refractivity (Wildman–Crippen MR) is 364 cm³/mol. The van der Waals surface area contributed by atoms with Gasteiger partial charge in [-0.1, -0.05) is 275 Å². The van der Waals surface area contributed by atoms with Gasteiger partial charge in [0.1, 0.15) is 13.2 Å². The van der Waals surface area contributed by atoms with Gasteiger partial charge in [0.25, 0.3) is 6.29 Å². The summed E-state index contributed by atoms with van der Waals surface area (Å²) >= 11 is 0. The lowest BCUT2D eigenvalue weighted by molar-refractivity contribution is -0.870. The lowest BCUT2D eigenvalue weighted by Gasteiger charge is -2.25. The van der Waals surface area contributed by atoms with Crippen molar-refractivity contribution in [1.82, 2.24) is 0 Å². The van der Waals surface area contributed by atoms with E-state index in [4.69, 9.17) is 18.9 Å². The van der Waals surface area contributed by atoms with Crippen LogP contribution in [-0.2, 0) is 33.3 Å². The van der Waals surface area contributed by atoms with Crippen molar-refractivity contribution in [3.63, 3.8) is 0 Å². The lowest BCUT2D eigenvalue weighted by Crippen LogP contribution is -2.40. The topological polar surface area (TPSA) is 108 Å². The molecule has 9 heteroatoms. The minimum atomic E-state index is -1.53. The molecule has 0 bridgehead atoms. The highest BCUT2D eigenvalue weighted by Crippen LogP contribution is 2.17. The molecule has 0 spiro atoms. The largest absolute Gasteiger partial charge is 0.477 e. The van der Waals surface area contributed by atoms with Gasteiger partial charge >= 0.3 is 17.9 Å². The van der Waals surface area contributed by atoms with E-state index in [1.54, 1.807) is 0 Å². The van der Waals surface area contributed by atoms with E-state index in [1.165, 1.54) is 103 Å². The van der Waals surface area contributed by atoms with E-state index in [9.17, 15) is 19.5 Å². The van der Waals surface area contributed by atoms with Crippen LogP contribution in [0.2, 0.25) is 0 Å². The van der Waals surface area contributed by atoms with E-state index in [2.05, 4.69) is 160 Å². The molecule has 1 N–H and O–H groups in total. The van der Waals surface area contributed by atoms with E-state index in [0.717, 1.165) is 116 Å². The summed E-state index contributed by atoms with van der Waals surface area (Å²) in [6, 6.07) is 0. The Bertz CT molecular complexity index is 1900. The summed E-state index contributed by atoms with van der Waals surface area (Å²) in [7, 11) is 5.96. The highest BCUT2D eigenvalue weighted by Gasteiger charge is 2.25. The van der Waals surface area contributed by atoms with Gasteiger partial charge in [-0.3, -0.25) is 9.59 Å². The fourth-order valence-corrected chi connectivity index (χ4v) is 8.96. The second-order valence-electron chi connectivity index (χ2n) is 23.4. The number of unbranched alkanes of at least 4 members (excludes halogenated alkanes) is 22. The Hall–Kier alpha value is -4.83. The molecule has 2 unspecified atom stereocenters. The van der Waals surface area contributed by atoms with Gasteiger partial charge in [-0.15, -0.1) is 0 Å². The van der Waals surface area contributed by atoms with Crippen molar-refractivity contribution in [2.24, 2.45) is 0 Å². The Morgan fingerprint density at radius 2 is 0.635 bits per heavy atom. The van der Waals surface area contributed by atoms with E-state index >= 15 is 0 Å². The summed E-state index contributed by atoms with van der Waals surface area (Å²) in [4.78, 5) is 37.5. The SMILES string of the molecule is CC/C=C\C/C=C\C/C=C\C/C=C\C/C=C\C/C=C\C/C=C\CCCCCCCCCCCCCCCCCCCCCC(=O)OC(COC(=O)CCCCC/C=C\C/C=C\C/C=C\C/C=C\C/C=C\CC)COC(OCC[N+](C)(C)C)C(=O)O. The highest BCUT2D eigenvalue weighted by atomic mass is 16.7. The molecule has 0 aliphatic carbocycles. The minimum Gasteiger partial charge on any atom is -0.477 e. The molecule has 0 aromatic heterocycles. The number of carboxylic acid groups (broad SMARTS) is 1. The van der Waals surface area contributed by atoms with Crippen molar-refractivity contribution in [3.05, 3.63) is 146 Å². The summed E-state index contributed by atoms with van der Waals surface area (Å²) < 4.78 is 22.9. The molecule has 0 heterocycles. The molecule has 85 heavy (non-hydrogen) atoms. The number of carbonyl (C=O) groups is 3. The zero-order valence-electron chi connectivity index (χ0n) is 55.0. The van der Waals surface area contributed by atoms with Crippen LogP contribution in [0, 0.1) is 0 Å². The Morgan fingerprint density at radius 3 is 0.953 bits per heavy atom. The molecule has 0 aromatic carbocycles. The Labute approximate surface area is 522 Å². The molecule has 0 radical (unpaired) electrons. The molecule has 0 fully saturated rings. The molecule has 0 rings (SSSR count). The maximum Gasteiger partial charge on any atom is 0.361 e. The average molecular weight is 1180 g/mol. The molecule has 0 aliphatic heterocycles. The molecule has 0 aliphatic rings. The van der Waals surface area contributed by atoms with Gasteiger partial charge in [-0.05, 0) is 116 Å². The van der Waals surface area contributed by atoms with Crippen LogP contribution >= 0.6 is 0 Å². The number of quaternary nitrogens is 1. The molecule has 0 saturated heterocycles. The minimum absolute atomic E-state index is 0.177. The number of rotatable bonds is 61. The standard InChI is InChI=1S/C76H125NO8/c1-6-8-10-12-14-16-18-20-22-24-26-27-28-29-30-31-32-33-34-35-36-37-38-39-40-41-42-43-44-45-46-47-49-51-53-55-57-59-61-63-65-67-74(79)85-72(71-84-76(75(80)81)82-69-68-77(3,4)5)70-83-73(78)66-64-62-60-58-56-54-52-50-48-25-23-21-19-17-15-13-11-9-7-2/h8-11,14-17,20-23,26-27,29-30,32-33,35-36,48,50,54,56,72,76H,6-7,12-13,18-19,24-25,28,31,34,37-47,49,51-53,55,57-71H2,1-5H3/p+1/b10-8-,11-9-,16-14-,17-15-,22-20-,23-21-,27-26-,30-29-,33-32-,36-35-,50-48-,56-54-. The molecule has 0 aromatic rings. The van der Waals surface area contributed by atoms with Gasteiger partial charge in [-0.2, -0.15) is 0 Å². The Balaban J connectivity index is 4.08. The summed E-state index contributed by atoms with van der Waals surface area (Å²) in [5, 5.41) is 9.73. The molecule has 482 valence electrons. The molecule has 9 nitrogen and oxygen atoms in total. The quantitative estimate of drug-likeness (QED) is 0.0211. The normalized spacial score (nSPS) is 13.7. The van der Waals surface area contributed by atoms with E-state index in [0.29, 0.717) is 23.9 Å². The van der Waals surface area contributed by atoms with E-state index in [-0.39, 0.29) is 38.6 Å². The monoisotopic (exact) mass is 1180 g/mol. The zero-order chi connectivity index (χ0) is 61.9. The molecule has 2 atom stereocenters. The fourth-order valence-electron chi connectivity index (χ4n) is 8.96. The smallest absolute Gasteiger partial charge is 0.361 e. The maximum atomic E-state index is 12.9. The summed E-state index contributed by atoms with van der Waals surface area (Å²) in [6.07, 6.45) is 92.5. The number of hydrogen-bond donors (Lipinski definition) is 1. The third kappa shape index (κ3) is 66.5. The predicted octanol–water partition coefficient (Wildman–Crippen LogP) is 21.1. The molecular weight excluding hydrogens is 1050 g/mol. The number of aliphatic carboxylic acids is 1. The Kier molecular flexibility index (Phi) is 61.4. The van der Waals surface area contributed by atoms with Crippen molar-refractivity contribution in [2.75, 3.05) is 47.5 Å². The van der Waals surface area contributed by atoms with Gasteiger partial charge in [-0.25, -0.2) is 4.79 Å². The second kappa shape index (κ2) is 65.2. The van der Waals surface area contributed by atoms with Gasteiger partial charge < -0.3 is 28.5 Å². The van der Waals surface area contributed by atoms with E-state index < -0.39 is 24.3 Å². The first-order valence-electron chi connectivity index (χ1n) is 34.0. The van der Waals surface area contributed by atoms with Crippen LogP contribution in [0.1, 0.15) is 258 Å². The van der Waals surface area contributed by atoms with Crippen LogP contribution < -0.4 is 0 Å². The number of esters is 2. The average Bonchev–Trinajstić information content (AvgIpc) is 3.49. The van der Waals surface area contributed by atoms with Gasteiger partial charge in [0, 0.05) is 12.8 Å². The van der Waals surface area contributed by atoms with Crippen LogP contribution in [0.15, 0.2) is 146 Å². The molecule has 0 saturated carbocycles. The lowest BCUT2D eigenvalue weighted by atomic mass is 10.0. The maximum absolute atomic E-state index is 12.9. The Morgan fingerprint density at radius 1 is 0.353 bits per heavy atom. The van der Waals surface area contributed by atoms with Crippen molar-refractivity contribution in [1.29, 1.82) is 0 Å². The van der Waals surface area contributed by atoms with Crippen LogP contribution in [0.4, 0.5) is 0 Å². The third-order valence-corrected chi connectivity index (χ3v) is 14.1. The number of carboxylic acids is 1. The summed E-state index contributed by atoms with van der Waals surface area (Å²) in [5.74, 6) is -2.05. The van der Waals surface area contributed by atoms with E-state index in [1.807, 2.05) is 21.1 Å².